The first-order valence-electron chi connectivity index (χ1n) is 8.39. The van der Waals surface area contributed by atoms with E-state index in [4.69, 9.17) is 4.74 Å². The van der Waals surface area contributed by atoms with E-state index in [9.17, 15) is 4.79 Å². The van der Waals surface area contributed by atoms with Crippen molar-refractivity contribution in [3.8, 4) is 0 Å². The Hall–Kier alpha value is -2.73. The van der Waals surface area contributed by atoms with Gasteiger partial charge in [-0.25, -0.2) is 9.97 Å². The van der Waals surface area contributed by atoms with Crippen molar-refractivity contribution in [1.82, 2.24) is 15.3 Å². The summed E-state index contributed by atoms with van der Waals surface area (Å²) in [5.74, 6) is 0.556. The van der Waals surface area contributed by atoms with Crippen LogP contribution in [0.4, 0.5) is 5.95 Å². The quantitative estimate of drug-likeness (QED) is 0.844. The van der Waals surface area contributed by atoms with Crippen molar-refractivity contribution in [3.63, 3.8) is 0 Å². The molecule has 1 aromatic heterocycles. The van der Waals surface area contributed by atoms with Crippen LogP contribution in [0.25, 0.3) is 6.08 Å². The maximum Gasteiger partial charge on any atom is 0.244 e. The number of anilines is 1. The highest BCUT2D eigenvalue weighted by molar-refractivity contribution is 5.91. The van der Waals surface area contributed by atoms with Gasteiger partial charge in [0.05, 0.1) is 25.5 Å². The molecule has 0 saturated carbocycles. The van der Waals surface area contributed by atoms with E-state index in [1.807, 2.05) is 43.3 Å². The molecule has 0 unspecified atom stereocenters. The van der Waals surface area contributed by atoms with Gasteiger partial charge < -0.3 is 15.0 Å². The summed E-state index contributed by atoms with van der Waals surface area (Å²) < 4.78 is 5.36. The zero-order valence-electron chi connectivity index (χ0n) is 14.3. The normalized spacial score (nSPS) is 14.7. The predicted octanol–water partition coefficient (Wildman–Crippen LogP) is 1.95. The summed E-state index contributed by atoms with van der Waals surface area (Å²) >= 11 is 0. The van der Waals surface area contributed by atoms with Crippen LogP contribution in [0.5, 0.6) is 0 Å². The second kappa shape index (κ2) is 8.39. The fourth-order valence-corrected chi connectivity index (χ4v) is 2.58. The van der Waals surface area contributed by atoms with Crippen molar-refractivity contribution >= 4 is 17.9 Å². The molecule has 1 aliphatic heterocycles. The molecule has 0 aliphatic carbocycles. The van der Waals surface area contributed by atoms with E-state index in [0.717, 1.165) is 30.0 Å². The third kappa shape index (κ3) is 5.12. The number of rotatable bonds is 5. The molecule has 130 valence electrons. The molecule has 1 aromatic carbocycles. The highest BCUT2D eigenvalue weighted by atomic mass is 16.5. The highest BCUT2D eigenvalue weighted by Gasteiger charge is 2.15. The van der Waals surface area contributed by atoms with E-state index in [0.29, 0.717) is 25.7 Å². The molecule has 1 N–H and O–H groups in total. The molecule has 0 atom stereocenters. The standard InChI is InChI=1S/C19H22N4O2/c1-15-13-17(22-19(21-15)23-9-11-25-12-10-23)14-20-18(24)8-7-16-5-3-2-4-6-16/h2-8,13H,9-12,14H2,1H3,(H,20,24)/b8-7+. The first-order chi connectivity index (χ1) is 12.2. The molecule has 0 bridgehead atoms. The van der Waals surface area contributed by atoms with Gasteiger partial charge in [0.1, 0.15) is 0 Å². The summed E-state index contributed by atoms with van der Waals surface area (Å²) in [6, 6.07) is 11.6. The van der Waals surface area contributed by atoms with E-state index in [2.05, 4.69) is 20.2 Å². The maximum atomic E-state index is 12.0. The summed E-state index contributed by atoms with van der Waals surface area (Å²) in [5.41, 5.74) is 2.68. The lowest BCUT2D eigenvalue weighted by Crippen LogP contribution is -2.37. The largest absolute Gasteiger partial charge is 0.378 e. The molecule has 2 aromatic rings. The second-order valence-electron chi connectivity index (χ2n) is 5.86. The monoisotopic (exact) mass is 338 g/mol. The summed E-state index contributed by atoms with van der Waals surface area (Å²) in [6.07, 6.45) is 3.33. The molecule has 1 aliphatic rings. The minimum atomic E-state index is -0.145. The van der Waals surface area contributed by atoms with Crippen molar-refractivity contribution in [2.45, 2.75) is 13.5 Å². The number of hydrogen-bond donors (Lipinski definition) is 1. The van der Waals surface area contributed by atoms with Gasteiger partial charge in [-0.05, 0) is 24.6 Å². The fourth-order valence-electron chi connectivity index (χ4n) is 2.58. The van der Waals surface area contributed by atoms with Gasteiger partial charge in [0.15, 0.2) is 0 Å². The Morgan fingerprint density at radius 3 is 2.76 bits per heavy atom. The minimum Gasteiger partial charge on any atom is -0.378 e. The summed E-state index contributed by atoms with van der Waals surface area (Å²) in [6.45, 7) is 5.26. The van der Waals surface area contributed by atoms with Crippen molar-refractivity contribution in [3.05, 3.63) is 59.4 Å². The lowest BCUT2D eigenvalue weighted by Gasteiger charge is -2.27. The SMILES string of the molecule is Cc1cc(CNC(=O)/C=C/c2ccccc2)nc(N2CCOCC2)n1. The average molecular weight is 338 g/mol. The topological polar surface area (TPSA) is 67.4 Å². The number of carbonyl (C=O) groups excluding carboxylic acids is 1. The van der Waals surface area contributed by atoms with E-state index in [1.165, 1.54) is 6.08 Å². The number of aromatic nitrogens is 2. The van der Waals surface area contributed by atoms with Crippen LogP contribution in [0.3, 0.4) is 0 Å². The molecule has 1 amide bonds. The van der Waals surface area contributed by atoms with Crippen molar-refractivity contribution < 1.29 is 9.53 Å². The average Bonchev–Trinajstić information content (AvgIpc) is 2.66. The molecule has 1 saturated heterocycles. The number of ether oxygens (including phenoxy) is 1. The van der Waals surface area contributed by atoms with E-state index in [-0.39, 0.29) is 5.91 Å². The number of nitrogens with one attached hydrogen (secondary N) is 1. The Morgan fingerprint density at radius 1 is 1.24 bits per heavy atom. The third-order valence-electron chi connectivity index (χ3n) is 3.86. The van der Waals surface area contributed by atoms with Crippen LogP contribution in [-0.4, -0.2) is 42.2 Å². The number of amides is 1. The lowest BCUT2D eigenvalue weighted by atomic mass is 10.2. The molecule has 6 nitrogen and oxygen atoms in total. The van der Waals surface area contributed by atoms with Gasteiger partial charge in [0, 0.05) is 24.9 Å². The number of nitrogens with zero attached hydrogens (tertiary/aromatic N) is 3. The van der Waals surface area contributed by atoms with E-state index < -0.39 is 0 Å². The fraction of sp³-hybridized carbons (Fsp3) is 0.316. The summed E-state index contributed by atoms with van der Waals surface area (Å²) in [4.78, 5) is 23.2. The van der Waals surface area contributed by atoms with Crippen LogP contribution in [0.15, 0.2) is 42.5 Å². The van der Waals surface area contributed by atoms with Gasteiger partial charge >= 0.3 is 0 Å². The Balaban J connectivity index is 1.59. The van der Waals surface area contributed by atoms with Crippen LogP contribution in [0.1, 0.15) is 17.0 Å². The van der Waals surface area contributed by atoms with Crippen LogP contribution < -0.4 is 10.2 Å². The molecule has 3 rings (SSSR count). The molecule has 6 heteroatoms. The van der Waals surface area contributed by atoms with Crippen LogP contribution in [-0.2, 0) is 16.1 Å². The molecule has 2 heterocycles. The van der Waals surface area contributed by atoms with E-state index in [1.54, 1.807) is 6.08 Å². The van der Waals surface area contributed by atoms with Crippen LogP contribution in [0, 0.1) is 6.92 Å². The van der Waals surface area contributed by atoms with E-state index >= 15 is 0 Å². The number of benzene rings is 1. The minimum absolute atomic E-state index is 0.145. The molecule has 1 fully saturated rings. The van der Waals surface area contributed by atoms with Crippen LogP contribution in [0.2, 0.25) is 0 Å². The van der Waals surface area contributed by atoms with Gasteiger partial charge in [-0.2, -0.15) is 0 Å². The predicted molar refractivity (Wildman–Crippen MR) is 97.1 cm³/mol. The zero-order valence-corrected chi connectivity index (χ0v) is 14.3. The molecule has 0 radical (unpaired) electrons. The number of carbonyl (C=O) groups is 1. The van der Waals surface area contributed by atoms with Crippen molar-refractivity contribution in [2.24, 2.45) is 0 Å². The van der Waals surface area contributed by atoms with Crippen LogP contribution >= 0.6 is 0 Å². The van der Waals surface area contributed by atoms with Gasteiger partial charge in [0.25, 0.3) is 0 Å². The number of morpholine rings is 1. The van der Waals surface area contributed by atoms with Gasteiger partial charge in [-0.1, -0.05) is 30.3 Å². The molecule has 25 heavy (non-hydrogen) atoms. The zero-order chi connectivity index (χ0) is 17.5. The van der Waals surface area contributed by atoms with Gasteiger partial charge in [0.2, 0.25) is 11.9 Å². The Kier molecular flexibility index (Phi) is 5.74. The molecular weight excluding hydrogens is 316 g/mol. The lowest BCUT2D eigenvalue weighted by molar-refractivity contribution is -0.116. The Labute approximate surface area is 147 Å². The molecule has 0 spiro atoms. The van der Waals surface area contributed by atoms with Gasteiger partial charge in [-0.15, -0.1) is 0 Å². The smallest absolute Gasteiger partial charge is 0.244 e. The Bertz CT molecular complexity index is 740. The van der Waals surface area contributed by atoms with Gasteiger partial charge in [-0.3, -0.25) is 4.79 Å². The number of hydrogen-bond acceptors (Lipinski definition) is 5. The van der Waals surface area contributed by atoms with Crippen molar-refractivity contribution in [2.75, 3.05) is 31.2 Å². The summed E-state index contributed by atoms with van der Waals surface area (Å²) in [5, 5.41) is 2.87. The maximum absolute atomic E-state index is 12.0. The third-order valence-corrected chi connectivity index (χ3v) is 3.86. The Morgan fingerprint density at radius 2 is 2.00 bits per heavy atom. The molecular formula is C19H22N4O2. The number of aryl methyl sites for hydroxylation is 1. The first-order valence-corrected chi connectivity index (χ1v) is 8.39. The summed E-state index contributed by atoms with van der Waals surface area (Å²) in [7, 11) is 0. The van der Waals surface area contributed by atoms with Crippen molar-refractivity contribution in [1.29, 1.82) is 0 Å². The highest BCUT2D eigenvalue weighted by Crippen LogP contribution is 2.12. The second-order valence-corrected chi connectivity index (χ2v) is 5.86. The first kappa shape index (κ1) is 17.1.